The number of esters is 1. The molecule has 0 fully saturated rings. The molecule has 0 amide bonds. The molecule has 1 aromatic carbocycles. The van der Waals surface area contributed by atoms with E-state index in [1.807, 2.05) is 6.92 Å². The number of halogens is 1. The summed E-state index contributed by atoms with van der Waals surface area (Å²) in [6.45, 7) is 1.84. The molecule has 0 saturated carbocycles. The van der Waals surface area contributed by atoms with Crippen molar-refractivity contribution in [3.63, 3.8) is 0 Å². The van der Waals surface area contributed by atoms with Crippen molar-refractivity contribution in [1.82, 2.24) is 0 Å². The lowest BCUT2D eigenvalue weighted by molar-refractivity contribution is 0.0600. The van der Waals surface area contributed by atoms with Gasteiger partial charge in [-0.05, 0) is 30.7 Å². The molecule has 0 aliphatic rings. The highest BCUT2D eigenvalue weighted by atomic mass is 79.9. The van der Waals surface area contributed by atoms with Crippen LogP contribution in [0.3, 0.4) is 0 Å². The largest absolute Gasteiger partial charge is 0.465 e. The monoisotopic (exact) mass is 284 g/mol. The lowest BCUT2D eigenvalue weighted by Gasteiger charge is -2.05. The minimum absolute atomic E-state index is 0.0192. The molecule has 1 rings (SSSR count). The molecule has 0 N–H and O–H groups in total. The summed E-state index contributed by atoms with van der Waals surface area (Å²) in [5.41, 5.74) is 1.85. The van der Waals surface area contributed by atoms with Gasteiger partial charge in [-0.2, -0.15) is 0 Å². The molecule has 0 aromatic heterocycles. The molecule has 86 valence electrons. The van der Waals surface area contributed by atoms with Gasteiger partial charge in [-0.3, -0.25) is 4.79 Å². The topological polar surface area (TPSA) is 43.4 Å². The molecule has 0 aliphatic heterocycles. The SMILES string of the molecule is COC(=O)c1cc(C)cc(C(=O)CCBr)c1. The van der Waals surface area contributed by atoms with Crippen molar-refractivity contribution in [1.29, 1.82) is 0 Å². The van der Waals surface area contributed by atoms with E-state index < -0.39 is 5.97 Å². The third-order valence-corrected chi connectivity index (χ3v) is 2.54. The lowest BCUT2D eigenvalue weighted by atomic mass is 10.0. The summed E-state index contributed by atoms with van der Waals surface area (Å²) in [5, 5.41) is 0.618. The van der Waals surface area contributed by atoms with Gasteiger partial charge in [0.2, 0.25) is 0 Å². The lowest BCUT2D eigenvalue weighted by Crippen LogP contribution is -2.06. The third-order valence-electron chi connectivity index (χ3n) is 2.14. The predicted octanol–water partition coefficient (Wildman–Crippen LogP) is 2.75. The normalized spacial score (nSPS) is 9.94. The Morgan fingerprint density at radius 2 is 1.88 bits per heavy atom. The first-order valence-electron chi connectivity index (χ1n) is 4.87. The Morgan fingerprint density at radius 1 is 1.25 bits per heavy atom. The number of rotatable bonds is 4. The highest BCUT2D eigenvalue weighted by Gasteiger charge is 2.11. The molecule has 0 spiro atoms. The molecule has 16 heavy (non-hydrogen) atoms. The molecule has 1 aromatic rings. The summed E-state index contributed by atoms with van der Waals surface area (Å²) in [4.78, 5) is 23.0. The Balaban J connectivity index is 3.07. The standard InChI is InChI=1S/C12H13BrO3/c1-8-5-9(11(14)3-4-13)7-10(6-8)12(15)16-2/h5-7H,3-4H2,1-2H3. The number of carbonyl (C=O) groups excluding carboxylic acids is 2. The minimum Gasteiger partial charge on any atom is -0.465 e. The number of ketones is 1. The van der Waals surface area contributed by atoms with E-state index in [9.17, 15) is 9.59 Å². The van der Waals surface area contributed by atoms with E-state index in [4.69, 9.17) is 0 Å². The van der Waals surface area contributed by atoms with Crippen LogP contribution in [-0.4, -0.2) is 24.2 Å². The highest BCUT2D eigenvalue weighted by Crippen LogP contribution is 2.13. The zero-order valence-corrected chi connectivity index (χ0v) is 10.8. The summed E-state index contributed by atoms with van der Waals surface area (Å²) >= 11 is 3.21. The summed E-state index contributed by atoms with van der Waals surface area (Å²) in [6, 6.07) is 5.05. The Kier molecular flexibility index (Phi) is 4.68. The number of aryl methyl sites for hydroxylation is 1. The molecule has 0 unspecified atom stereocenters. The van der Waals surface area contributed by atoms with Crippen LogP contribution < -0.4 is 0 Å². The zero-order valence-electron chi connectivity index (χ0n) is 9.25. The van der Waals surface area contributed by atoms with Crippen LogP contribution in [0.4, 0.5) is 0 Å². The quantitative estimate of drug-likeness (QED) is 0.485. The molecular weight excluding hydrogens is 272 g/mol. The summed E-state index contributed by atoms with van der Waals surface area (Å²) < 4.78 is 4.63. The summed E-state index contributed by atoms with van der Waals surface area (Å²) in [6.07, 6.45) is 0.421. The van der Waals surface area contributed by atoms with Gasteiger partial charge >= 0.3 is 5.97 Å². The molecule has 4 heteroatoms. The molecule has 0 radical (unpaired) electrons. The van der Waals surface area contributed by atoms with E-state index in [-0.39, 0.29) is 5.78 Å². The van der Waals surface area contributed by atoms with Gasteiger partial charge < -0.3 is 4.74 Å². The Labute approximate surface area is 103 Å². The number of methoxy groups -OCH3 is 1. The first-order chi connectivity index (χ1) is 7.58. The third kappa shape index (κ3) is 3.17. The Morgan fingerprint density at radius 3 is 2.44 bits per heavy atom. The minimum atomic E-state index is -0.420. The maximum Gasteiger partial charge on any atom is 0.337 e. The van der Waals surface area contributed by atoms with Crippen molar-refractivity contribution in [2.45, 2.75) is 13.3 Å². The first-order valence-corrected chi connectivity index (χ1v) is 5.99. The average molecular weight is 285 g/mol. The number of hydrogen-bond donors (Lipinski definition) is 0. The van der Waals surface area contributed by atoms with E-state index in [1.165, 1.54) is 7.11 Å². The summed E-state index contributed by atoms with van der Waals surface area (Å²) in [5.74, 6) is -0.401. The van der Waals surface area contributed by atoms with Gasteiger partial charge in [0.15, 0.2) is 5.78 Å². The molecule has 0 heterocycles. The van der Waals surface area contributed by atoms with E-state index in [2.05, 4.69) is 20.7 Å². The van der Waals surface area contributed by atoms with Crippen molar-refractivity contribution in [2.75, 3.05) is 12.4 Å². The van der Waals surface area contributed by atoms with Crippen LogP contribution >= 0.6 is 15.9 Å². The van der Waals surface area contributed by atoms with Crippen LogP contribution in [0, 0.1) is 6.92 Å². The maximum atomic E-state index is 11.7. The second-order valence-electron chi connectivity index (χ2n) is 3.44. The van der Waals surface area contributed by atoms with E-state index >= 15 is 0 Å². The molecule has 0 saturated heterocycles. The number of Topliss-reactive ketones (excluding diaryl/α,β-unsaturated/α-hetero) is 1. The van der Waals surface area contributed by atoms with Gasteiger partial charge in [-0.25, -0.2) is 4.79 Å². The van der Waals surface area contributed by atoms with Crippen molar-refractivity contribution >= 4 is 27.7 Å². The van der Waals surface area contributed by atoms with Crippen molar-refractivity contribution in [2.24, 2.45) is 0 Å². The zero-order chi connectivity index (χ0) is 12.1. The van der Waals surface area contributed by atoms with Crippen LogP contribution in [0.1, 0.15) is 32.7 Å². The second-order valence-corrected chi connectivity index (χ2v) is 4.23. The molecule has 0 bridgehead atoms. The Bertz CT molecular complexity index is 413. The van der Waals surface area contributed by atoms with Crippen LogP contribution in [0.5, 0.6) is 0 Å². The average Bonchev–Trinajstić information content (AvgIpc) is 2.27. The number of alkyl halides is 1. The molecular formula is C12H13BrO3. The predicted molar refractivity (Wildman–Crippen MR) is 65.3 cm³/mol. The number of hydrogen-bond acceptors (Lipinski definition) is 3. The fourth-order valence-corrected chi connectivity index (χ4v) is 1.77. The molecule has 0 aliphatic carbocycles. The van der Waals surface area contributed by atoms with Crippen molar-refractivity contribution in [3.8, 4) is 0 Å². The van der Waals surface area contributed by atoms with Gasteiger partial charge in [0.1, 0.15) is 0 Å². The van der Waals surface area contributed by atoms with Crippen LogP contribution in [0.2, 0.25) is 0 Å². The highest BCUT2D eigenvalue weighted by molar-refractivity contribution is 9.09. The molecule has 0 atom stereocenters. The number of ether oxygens (including phenoxy) is 1. The second kappa shape index (κ2) is 5.80. The van der Waals surface area contributed by atoms with Gasteiger partial charge in [0.25, 0.3) is 0 Å². The van der Waals surface area contributed by atoms with E-state index in [1.54, 1.807) is 18.2 Å². The number of carbonyl (C=O) groups is 2. The Hall–Kier alpha value is -1.16. The first kappa shape index (κ1) is 12.9. The number of benzene rings is 1. The summed E-state index contributed by atoms with van der Waals surface area (Å²) in [7, 11) is 1.32. The van der Waals surface area contributed by atoms with E-state index in [0.717, 1.165) is 5.56 Å². The fraction of sp³-hybridized carbons (Fsp3) is 0.333. The van der Waals surface area contributed by atoms with Crippen LogP contribution in [-0.2, 0) is 4.74 Å². The maximum absolute atomic E-state index is 11.7. The van der Waals surface area contributed by atoms with Crippen molar-refractivity contribution < 1.29 is 14.3 Å². The fourth-order valence-electron chi connectivity index (χ4n) is 1.41. The smallest absolute Gasteiger partial charge is 0.337 e. The van der Waals surface area contributed by atoms with Crippen LogP contribution in [0.25, 0.3) is 0 Å². The van der Waals surface area contributed by atoms with Crippen LogP contribution in [0.15, 0.2) is 18.2 Å². The van der Waals surface area contributed by atoms with Gasteiger partial charge in [-0.1, -0.05) is 15.9 Å². The van der Waals surface area contributed by atoms with Crippen molar-refractivity contribution in [3.05, 3.63) is 34.9 Å². The molecule has 3 nitrogen and oxygen atoms in total. The van der Waals surface area contributed by atoms with Gasteiger partial charge in [0.05, 0.1) is 12.7 Å². The van der Waals surface area contributed by atoms with Gasteiger partial charge in [-0.15, -0.1) is 0 Å². The van der Waals surface area contributed by atoms with Gasteiger partial charge in [0, 0.05) is 17.3 Å². The van der Waals surface area contributed by atoms with E-state index in [0.29, 0.717) is 22.9 Å².